The zero-order chi connectivity index (χ0) is 19.1. The average molecular weight is 381 g/mol. The molecular weight excluding hydrogens is 358 g/mol. The van der Waals surface area contributed by atoms with Crippen LogP contribution < -0.4 is 5.32 Å². The summed E-state index contributed by atoms with van der Waals surface area (Å²) in [5, 5.41) is 2.87. The maximum Gasteiger partial charge on any atom is 0.286 e. The van der Waals surface area contributed by atoms with Gasteiger partial charge in [-0.2, -0.15) is 0 Å². The van der Waals surface area contributed by atoms with Crippen molar-refractivity contribution in [2.75, 3.05) is 6.54 Å². The van der Waals surface area contributed by atoms with E-state index in [0.717, 1.165) is 23.3 Å². The quantitative estimate of drug-likeness (QED) is 0.593. The van der Waals surface area contributed by atoms with Crippen LogP contribution in [-0.4, -0.2) is 16.7 Å². The van der Waals surface area contributed by atoms with Gasteiger partial charge in [-0.15, -0.1) is 0 Å². The molecule has 5 heteroatoms. The van der Waals surface area contributed by atoms with Gasteiger partial charge in [-0.25, -0.2) is 0 Å². The SMILES string of the molecule is Cc1cccc([S@](=O)Cc2ccc(C(=O)NCCCc3ccccc3)o2)c1. The topological polar surface area (TPSA) is 59.3 Å². The van der Waals surface area contributed by atoms with E-state index in [4.69, 9.17) is 4.42 Å². The van der Waals surface area contributed by atoms with Gasteiger partial charge >= 0.3 is 0 Å². The van der Waals surface area contributed by atoms with Crippen molar-refractivity contribution in [1.82, 2.24) is 5.32 Å². The molecule has 1 atom stereocenters. The summed E-state index contributed by atoms with van der Waals surface area (Å²) in [5.74, 6) is 0.816. The molecule has 1 aromatic heterocycles. The first-order valence-corrected chi connectivity index (χ1v) is 10.3. The number of carbonyl (C=O) groups excluding carboxylic acids is 1. The van der Waals surface area contributed by atoms with Gasteiger partial charge in [0.1, 0.15) is 5.76 Å². The standard InChI is InChI=1S/C22H23NO3S/c1-17-7-5-11-20(15-17)27(25)16-19-12-13-21(26-19)22(24)23-14-6-10-18-8-3-2-4-9-18/h2-5,7-9,11-13,15H,6,10,14,16H2,1H3,(H,23,24)/t27-/m1/s1. The van der Waals surface area contributed by atoms with Crippen LogP contribution in [0, 0.1) is 6.92 Å². The van der Waals surface area contributed by atoms with E-state index in [9.17, 15) is 9.00 Å². The maximum atomic E-state index is 12.4. The van der Waals surface area contributed by atoms with Crippen LogP contribution in [0.4, 0.5) is 0 Å². The van der Waals surface area contributed by atoms with Crippen LogP contribution in [0.15, 0.2) is 76.0 Å². The van der Waals surface area contributed by atoms with Crippen molar-refractivity contribution in [3.63, 3.8) is 0 Å². The molecule has 0 aliphatic heterocycles. The van der Waals surface area contributed by atoms with Gasteiger partial charge in [-0.3, -0.25) is 9.00 Å². The summed E-state index contributed by atoms with van der Waals surface area (Å²) in [4.78, 5) is 13.0. The van der Waals surface area contributed by atoms with Gasteiger partial charge in [0.05, 0.1) is 16.6 Å². The minimum atomic E-state index is -1.20. The number of nitrogens with one attached hydrogen (secondary N) is 1. The second kappa shape index (κ2) is 9.33. The third-order valence-corrected chi connectivity index (χ3v) is 5.51. The highest BCUT2D eigenvalue weighted by Gasteiger charge is 2.13. The highest BCUT2D eigenvalue weighted by atomic mass is 32.2. The number of hydrogen-bond donors (Lipinski definition) is 1. The minimum Gasteiger partial charge on any atom is -0.455 e. The first-order valence-electron chi connectivity index (χ1n) is 8.98. The summed E-state index contributed by atoms with van der Waals surface area (Å²) in [7, 11) is -1.20. The van der Waals surface area contributed by atoms with Gasteiger partial charge in [0.25, 0.3) is 5.91 Å². The molecule has 27 heavy (non-hydrogen) atoms. The fourth-order valence-corrected chi connectivity index (χ4v) is 3.90. The fourth-order valence-electron chi connectivity index (χ4n) is 2.77. The molecule has 0 saturated carbocycles. The maximum absolute atomic E-state index is 12.4. The number of hydrogen-bond acceptors (Lipinski definition) is 3. The van der Waals surface area contributed by atoms with Crippen molar-refractivity contribution >= 4 is 16.7 Å². The molecule has 140 valence electrons. The Hall–Kier alpha value is -2.66. The summed E-state index contributed by atoms with van der Waals surface area (Å²) in [6.07, 6.45) is 1.78. The van der Waals surface area contributed by atoms with Crippen molar-refractivity contribution in [3.8, 4) is 0 Å². The molecule has 0 fully saturated rings. The molecule has 3 aromatic rings. The number of carbonyl (C=O) groups is 1. The lowest BCUT2D eigenvalue weighted by Crippen LogP contribution is -2.24. The first-order chi connectivity index (χ1) is 13.1. The van der Waals surface area contributed by atoms with Crippen LogP contribution in [-0.2, 0) is 23.0 Å². The molecule has 1 heterocycles. The van der Waals surface area contributed by atoms with Crippen molar-refractivity contribution in [3.05, 3.63) is 89.4 Å². The van der Waals surface area contributed by atoms with Crippen molar-refractivity contribution in [2.24, 2.45) is 0 Å². The highest BCUT2D eigenvalue weighted by molar-refractivity contribution is 7.84. The van der Waals surface area contributed by atoms with Crippen LogP contribution in [0.25, 0.3) is 0 Å². The first kappa shape index (κ1) is 19.1. The van der Waals surface area contributed by atoms with E-state index < -0.39 is 10.8 Å². The molecule has 3 rings (SSSR count). The van der Waals surface area contributed by atoms with E-state index in [1.807, 2.05) is 49.4 Å². The van der Waals surface area contributed by atoms with Gasteiger partial charge in [-0.05, 0) is 55.2 Å². The molecule has 0 radical (unpaired) electrons. The van der Waals surface area contributed by atoms with Crippen LogP contribution in [0.5, 0.6) is 0 Å². The van der Waals surface area contributed by atoms with Crippen LogP contribution >= 0.6 is 0 Å². The number of benzene rings is 2. The van der Waals surface area contributed by atoms with E-state index in [0.29, 0.717) is 12.3 Å². The van der Waals surface area contributed by atoms with Crippen molar-refractivity contribution in [1.29, 1.82) is 0 Å². The molecule has 0 saturated heterocycles. The number of furan rings is 1. The Balaban J connectivity index is 1.48. The largest absolute Gasteiger partial charge is 0.455 e. The smallest absolute Gasteiger partial charge is 0.286 e. The predicted octanol–water partition coefficient (Wildman–Crippen LogP) is 4.26. The fraction of sp³-hybridized carbons (Fsp3) is 0.227. The Morgan fingerprint density at radius 1 is 1.04 bits per heavy atom. The second-order valence-corrected chi connectivity index (χ2v) is 7.87. The van der Waals surface area contributed by atoms with E-state index in [-0.39, 0.29) is 17.4 Å². The summed E-state index contributed by atoms with van der Waals surface area (Å²) < 4.78 is 18.0. The Bertz CT molecular complexity index is 918. The molecule has 1 N–H and O–H groups in total. The number of amides is 1. The predicted molar refractivity (Wildman–Crippen MR) is 107 cm³/mol. The molecule has 0 bridgehead atoms. The number of aryl methyl sites for hydroxylation is 2. The van der Waals surface area contributed by atoms with E-state index in [1.54, 1.807) is 12.1 Å². The molecule has 1 amide bonds. The Morgan fingerprint density at radius 2 is 1.85 bits per heavy atom. The number of rotatable bonds is 8. The van der Waals surface area contributed by atoms with E-state index >= 15 is 0 Å². The average Bonchev–Trinajstić information content (AvgIpc) is 3.14. The van der Waals surface area contributed by atoms with Gasteiger partial charge < -0.3 is 9.73 Å². The third-order valence-electron chi connectivity index (χ3n) is 4.18. The molecular formula is C22H23NO3S. The highest BCUT2D eigenvalue weighted by Crippen LogP contribution is 2.16. The van der Waals surface area contributed by atoms with Gasteiger partial charge in [-0.1, -0.05) is 42.5 Å². The van der Waals surface area contributed by atoms with Crippen LogP contribution in [0.3, 0.4) is 0 Å². The second-order valence-electron chi connectivity index (χ2n) is 6.42. The van der Waals surface area contributed by atoms with Gasteiger partial charge in [0, 0.05) is 11.4 Å². The summed E-state index contributed by atoms with van der Waals surface area (Å²) in [5.41, 5.74) is 2.32. The van der Waals surface area contributed by atoms with Crippen molar-refractivity contribution < 1.29 is 13.4 Å². The zero-order valence-corrected chi connectivity index (χ0v) is 16.1. The third kappa shape index (κ3) is 5.66. The van der Waals surface area contributed by atoms with E-state index in [1.165, 1.54) is 5.56 Å². The minimum absolute atomic E-state index is 0.240. The molecule has 0 aliphatic carbocycles. The van der Waals surface area contributed by atoms with Crippen LogP contribution in [0.2, 0.25) is 0 Å². The molecule has 2 aromatic carbocycles. The zero-order valence-electron chi connectivity index (χ0n) is 15.3. The van der Waals surface area contributed by atoms with E-state index in [2.05, 4.69) is 17.4 Å². The lowest BCUT2D eigenvalue weighted by atomic mass is 10.1. The normalized spacial score (nSPS) is 11.9. The van der Waals surface area contributed by atoms with Gasteiger partial charge in [0.2, 0.25) is 0 Å². The lowest BCUT2D eigenvalue weighted by Gasteiger charge is -2.04. The van der Waals surface area contributed by atoms with Gasteiger partial charge in [0.15, 0.2) is 5.76 Å². The van der Waals surface area contributed by atoms with Crippen molar-refractivity contribution in [2.45, 2.75) is 30.4 Å². The molecule has 4 nitrogen and oxygen atoms in total. The molecule has 0 spiro atoms. The summed E-state index contributed by atoms with van der Waals surface area (Å²) in [6, 6.07) is 21.1. The summed E-state index contributed by atoms with van der Waals surface area (Å²) >= 11 is 0. The monoisotopic (exact) mass is 381 g/mol. The lowest BCUT2D eigenvalue weighted by molar-refractivity contribution is 0.0924. The van der Waals surface area contributed by atoms with Crippen LogP contribution in [0.1, 0.15) is 33.9 Å². The Kier molecular flexibility index (Phi) is 6.60. The summed E-state index contributed by atoms with van der Waals surface area (Å²) in [6.45, 7) is 2.55. The Labute approximate surface area is 162 Å². The Morgan fingerprint density at radius 3 is 2.63 bits per heavy atom. The molecule has 0 unspecified atom stereocenters. The molecule has 0 aliphatic rings.